The summed E-state index contributed by atoms with van der Waals surface area (Å²) in [4.78, 5) is 3.10. The van der Waals surface area contributed by atoms with Crippen LogP contribution in [-0.4, -0.2) is 59.7 Å². The first-order valence-corrected chi connectivity index (χ1v) is 16.1. The molecule has 0 unspecified atom stereocenters. The Morgan fingerprint density at radius 1 is 0.643 bits per heavy atom. The molecule has 6 nitrogen and oxygen atoms in total. The van der Waals surface area contributed by atoms with Gasteiger partial charge in [-0.3, -0.25) is 4.90 Å². The number of hydrogen-bond acceptors (Lipinski definition) is 7. The maximum atomic E-state index is 12.6. The summed E-state index contributed by atoms with van der Waals surface area (Å²) in [6.07, 6.45) is 9.42. The van der Waals surface area contributed by atoms with Crippen LogP contribution in [0.3, 0.4) is 0 Å². The molecular weight excluding hydrogens is 593 g/mol. The number of nitrogens with zero attached hydrogens (tertiary/aromatic N) is 1. The summed E-state index contributed by atoms with van der Waals surface area (Å²) in [5.74, 6) is -0.0183. The number of rotatable bonds is 18. The molecule has 0 aliphatic carbocycles. The second kappa shape index (κ2) is 21.4. The normalized spacial score (nSPS) is 11.7. The van der Waals surface area contributed by atoms with Gasteiger partial charge in [0.15, 0.2) is 0 Å². The third-order valence-electron chi connectivity index (χ3n) is 7.73. The fourth-order valence-corrected chi connectivity index (χ4v) is 5.76. The van der Waals surface area contributed by atoms with E-state index in [1.54, 1.807) is 17.0 Å². The average molecular weight is 649 g/mol. The van der Waals surface area contributed by atoms with Gasteiger partial charge in [0, 0.05) is 29.4 Å². The van der Waals surface area contributed by atoms with Gasteiger partial charge in [-0.15, -0.1) is 0 Å². The molecule has 0 aromatic heterocycles. The minimum atomic E-state index is -0.00915. The zero-order chi connectivity index (χ0) is 30.9. The van der Waals surface area contributed by atoms with E-state index in [-0.39, 0.29) is 58.6 Å². The van der Waals surface area contributed by atoms with Crippen molar-refractivity contribution >= 4 is 11.8 Å². The van der Waals surface area contributed by atoms with E-state index in [4.69, 9.17) is 15.3 Å². The van der Waals surface area contributed by atoms with Gasteiger partial charge < -0.3 is 25.5 Å². The molecule has 242 valence electrons. The minimum absolute atomic E-state index is 0. The Morgan fingerprint density at radius 3 is 1.31 bits per heavy atom. The Kier molecular flexibility index (Phi) is 20.8. The first-order valence-electron chi connectivity index (χ1n) is 15.3. The van der Waals surface area contributed by atoms with E-state index in [0.717, 1.165) is 12.8 Å². The molecule has 0 saturated carbocycles. The quantitative estimate of drug-likeness (QED) is 0.135. The van der Waals surface area contributed by atoms with Crippen LogP contribution >= 0.6 is 11.8 Å². The summed E-state index contributed by atoms with van der Waals surface area (Å²) in [5.41, 5.74) is 2.38. The Bertz CT molecular complexity index is 918. The van der Waals surface area contributed by atoms with Crippen LogP contribution in [0.2, 0.25) is 0 Å². The van der Waals surface area contributed by atoms with Gasteiger partial charge in [0.05, 0.1) is 19.8 Å². The van der Waals surface area contributed by atoms with Crippen LogP contribution in [0.25, 0.3) is 0 Å². The smallest absolute Gasteiger partial charge is 0.872 e. The van der Waals surface area contributed by atoms with Gasteiger partial charge in [-0.1, -0.05) is 128 Å². The van der Waals surface area contributed by atoms with Crippen molar-refractivity contribution in [3.8, 4) is 11.5 Å². The van der Waals surface area contributed by atoms with Gasteiger partial charge in [0.25, 0.3) is 0 Å². The fourth-order valence-electron chi connectivity index (χ4n) is 4.82. The molecule has 0 spiro atoms. The van der Waals surface area contributed by atoms with Crippen LogP contribution in [0, 0.1) is 0 Å². The molecule has 0 aliphatic rings. The molecule has 42 heavy (non-hydrogen) atoms. The van der Waals surface area contributed by atoms with Crippen LogP contribution in [0.4, 0.5) is 0 Å². The number of aliphatic hydroxyl groups excluding tert-OH is 3. The van der Waals surface area contributed by atoms with Gasteiger partial charge in [0.1, 0.15) is 0 Å². The second-order valence-electron chi connectivity index (χ2n) is 12.1. The van der Waals surface area contributed by atoms with Crippen LogP contribution < -0.4 is 10.2 Å². The van der Waals surface area contributed by atoms with E-state index >= 15 is 0 Å². The predicted octanol–water partition coefficient (Wildman–Crippen LogP) is 5.96. The first-order chi connectivity index (χ1) is 19.4. The molecule has 0 heterocycles. The topological polar surface area (TPSA) is 110 Å². The second-order valence-corrected chi connectivity index (χ2v) is 13.2. The first kappa shape index (κ1) is 40.7. The van der Waals surface area contributed by atoms with Crippen LogP contribution in [-0.2, 0) is 27.3 Å². The molecule has 0 radical (unpaired) electrons. The molecule has 0 saturated heterocycles. The van der Waals surface area contributed by atoms with Crippen molar-refractivity contribution in [1.29, 1.82) is 0 Å². The molecule has 2 rings (SSSR count). The number of benzene rings is 2. The summed E-state index contributed by atoms with van der Waals surface area (Å²) in [5, 5.41) is 50.7. The SMILES string of the molecule is CCCCCC(C)(C)c1ccc([O-])c(Sc2cc(C(C)(C)CCCCC)ccc2[O-])c1.OCCN(CCO)CCO.[Ni+2]. The van der Waals surface area contributed by atoms with E-state index < -0.39 is 0 Å². The Balaban J connectivity index is 0.00000131. The summed E-state index contributed by atoms with van der Waals surface area (Å²) in [6, 6.07) is 11.3. The largest absolute Gasteiger partial charge is 2.00 e. The van der Waals surface area contributed by atoms with Crippen LogP contribution in [0.1, 0.15) is 104 Å². The number of unbranched alkanes of at least 4 members (excludes halogenated alkanes) is 4. The summed E-state index contributed by atoms with van der Waals surface area (Å²) in [7, 11) is 0. The monoisotopic (exact) mass is 647 g/mol. The van der Waals surface area contributed by atoms with Crippen molar-refractivity contribution in [2.75, 3.05) is 39.5 Å². The maximum Gasteiger partial charge on any atom is 2.00 e. The number of aliphatic hydroxyl groups is 3. The van der Waals surface area contributed by atoms with E-state index in [2.05, 4.69) is 41.5 Å². The molecule has 0 fully saturated rings. The van der Waals surface area contributed by atoms with Crippen molar-refractivity contribution < 1.29 is 42.0 Å². The predicted molar refractivity (Wildman–Crippen MR) is 168 cm³/mol. The molecule has 0 aliphatic heterocycles. The van der Waals surface area contributed by atoms with Crippen LogP contribution in [0.15, 0.2) is 46.2 Å². The van der Waals surface area contributed by atoms with Crippen molar-refractivity contribution in [2.45, 2.75) is 114 Å². The fraction of sp³-hybridized carbons (Fsp3) is 0.647. The van der Waals surface area contributed by atoms with Crippen molar-refractivity contribution in [1.82, 2.24) is 4.90 Å². The van der Waals surface area contributed by atoms with E-state index in [0.29, 0.717) is 29.4 Å². The van der Waals surface area contributed by atoms with Crippen molar-refractivity contribution in [3.63, 3.8) is 0 Å². The Labute approximate surface area is 269 Å². The van der Waals surface area contributed by atoms with Gasteiger partial charge in [-0.2, -0.15) is 0 Å². The maximum absolute atomic E-state index is 12.6. The standard InChI is InChI=1S/C28H42O2S.C6H15NO3.Ni/c1-7-9-11-17-27(3,4)21-13-15-23(29)25(19-21)31-26-20-22(14-16-24(26)30)28(5,6)18-12-10-8-2;8-4-1-7(2-5-9)3-6-10;/h13-16,19-20,29-30H,7-12,17-18H2,1-6H3;8-10H,1-6H2;/q;;+2/p-2. The minimum Gasteiger partial charge on any atom is -0.872 e. The van der Waals surface area contributed by atoms with Gasteiger partial charge in [-0.05, 0) is 46.9 Å². The third-order valence-corrected chi connectivity index (χ3v) is 8.81. The van der Waals surface area contributed by atoms with E-state index in [9.17, 15) is 10.2 Å². The van der Waals surface area contributed by atoms with Crippen LogP contribution in [0.5, 0.6) is 11.5 Å². The van der Waals surface area contributed by atoms with Gasteiger partial charge in [-0.25, -0.2) is 0 Å². The Hall–Kier alpha value is -1.28. The molecule has 0 bridgehead atoms. The van der Waals surface area contributed by atoms with E-state index in [1.165, 1.54) is 61.4 Å². The van der Waals surface area contributed by atoms with Gasteiger partial charge >= 0.3 is 16.5 Å². The molecule has 3 N–H and O–H groups in total. The molecule has 8 heteroatoms. The number of hydrogen-bond donors (Lipinski definition) is 3. The zero-order valence-corrected chi connectivity index (χ0v) is 28.5. The van der Waals surface area contributed by atoms with Crippen molar-refractivity contribution in [2.24, 2.45) is 0 Å². The molecule has 2 aromatic rings. The average Bonchev–Trinajstić information content (AvgIpc) is 2.92. The van der Waals surface area contributed by atoms with Gasteiger partial charge in [0.2, 0.25) is 0 Å². The summed E-state index contributed by atoms with van der Waals surface area (Å²) in [6.45, 7) is 15.2. The Morgan fingerprint density at radius 2 is 1.00 bits per heavy atom. The summed E-state index contributed by atoms with van der Waals surface area (Å²) < 4.78 is 0. The molecule has 0 amide bonds. The molecule has 0 atom stereocenters. The summed E-state index contributed by atoms with van der Waals surface area (Å²) >= 11 is 1.33. The van der Waals surface area contributed by atoms with E-state index in [1.807, 2.05) is 24.3 Å². The zero-order valence-electron chi connectivity index (χ0n) is 26.7. The molecule has 2 aromatic carbocycles. The van der Waals surface area contributed by atoms with Crippen molar-refractivity contribution in [3.05, 3.63) is 47.5 Å². The third kappa shape index (κ3) is 14.5. The molecular formula is C34H55NNiO5S.